The fraction of sp³-hybridized carbons (Fsp3) is 0.282. The lowest BCUT2D eigenvalue weighted by Gasteiger charge is -2.25. The first kappa shape index (κ1) is 35.5. The van der Waals surface area contributed by atoms with E-state index in [-0.39, 0.29) is 25.8 Å². The van der Waals surface area contributed by atoms with Crippen molar-refractivity contribution in [3.63, 3.8) is 0 Å². The summed E-state index contributed by atoms with van der Waals surface area (Å²) in [6.07, 6.45) is 0.300. The predicted molar refractivity (Wildman–Crippen MR) is 185 cm³/mol. The number of aryl methyl sites for hydroxylation is 1. The van der Waals surface area contributed by atoms with E-state index >= 15 is 0 Å². The molecule has 0 heterocycles. The molecule has 250 valence electrons. The van der Waals surface area contributed by atoms with Gasteiger partial charge in [-0.1, -0.05) is 91.0 Å². The Hall–Kier alpha value is -5.31. The van der Waals surface area contributed by atoms with Crippen molar-refractivity contribution in [2.45, 2.75) is 70.6 Å². The van der Waals surface area contributed by atoms with E-state index in [1.165, 1.54) is 12.1 Å². The highest BCUT2D eigenvalue weighted by Crippen LogP contribution is 2.20. The van der Waals surface area contributed by atoms with Crippen molar-refractivity contribution in [2.24, 2.45) is 0 Å². The zero-order valence-corrected chi connectivity index (χ0v) is 27.6. The maximum absolute atomic E-state index is 13.7. The molecule has 0 fully saturated rings. The van der Waals surface area contributed by atoms with E-state index in [1.54, 1.807) is 12.1 Å². The normalized spacial score (nSPS) is 12.3. The van der Waals surface area contributed by atoms with E-state index in [0.29, 0.717) is 12.0 Å². The zero-order valence-electron chi connectivity index (χ0n) is 27.6. The molecule has 0 aliphatic rings. The van der Waals surface area contributed by atoms with Gasteiger partial charge in [-0.2, -0.15) is 0 Å². The monoisotopic (exact) mass is 650 g/mol. The first-order chi connectivity index (χ1) is 22.9. The smallest absolute Gasteiger partial charge is 0.243 e. The van der Waals surface area contributed by atoms with Crippen molar-refractivity contribution in [3.8, 4) is 11.1 Å². The van der Waals surface area contributed by atoms with Crippen LogP contribution in [0.3, 0.4) is 0 Å². The van der Waals surface area contributed by atoms with E-state index in [2.05, 4.69) is 21.3 Å². The highest BCUT2D eigenvalue weighted by atomic mass is 19.1. The Balaban J connectivity index is 1.49. The van der Waals surface area contributed by atoms with Crippen LogP contribution in [0.4, 0.5) is 4.39 Å². The lowest BCUT2D eigenvalue weighted by Crippen LogP contribution is -2.56. The van der Waals surface area contributed by atoms with Gasteiger partial charge in [-0.3, -0.25) is 19.2 Å². The van der Waals surface area contributed by atoms with E-state index in [0.717, 1.165) is 22.3 Å². The van der Waals surface area contributed by atoms with Gasteiger partial charge in [-0.25, -0.2) is 4.39 Å². The standard InChI is InChI=1S/C39H43FN4O4/c1-39(2,3)44-36(46)25-34(42-35(45)22-19-27-11-6-4-7-12-27)38(48)43-33(24-28-17-20-32(40)21-18-28)37(47)41-26-29-13-10-16-31(23-29)30-14-8-5-9-15-30/h4-18,20-21,23,33-34H,19,22,24-26H2,1-3H3,(H,41,47)(H,42,45)(H,43,48)(H,44,46). The molecule has 0 radical (unpaired) electrons. The largest absolute Gasteiger partial charge is 0.351 e. The van der Waals surface area contributed by atoms with Gasteiger partial charge < -0.3 is 21.3 Å². The molecule has 0 spiro atoms. The first-order valence-electron chi connectivity index (χ1n) is 16.1. The molecule has 0 bridgehead atoms. The first-order valence-corrected chi connectivity index (χ1v) is 16.1. The molecule has 4 aromatic rings. The second kappa shape index (κ2) is 17.0. The SMILES string of the molecule is CC(C)(C)NC(=O)CC(NC(=O)CCc1ccccc1)C(=O)NC(Cc1ccc(F)cc1)C(=O)NCc1cccc(-c2ccccc2)c1. The summed E-state index contributed by atoms with van der Waals surface area (Å²) in [4.78, 5) is 53.3. The van der Waals surface area contributed by atoms with Crippen LogP contribution in [0.5, 0.6) is 0 Å². The quantitative estimate of drug-likeness (QED) is 0.149. The molecular formula is C39H43FN4O4. The van der Waals surface area contributed by atoms with Crippen LogP contribution in [0.1, 0.15) is 50.3 Å². The maximum Gasteiger partial charge on any atom is 0.243 e. The molecule has 9 heteroatoms. The van der Waals surface area contributed by atoms with Gasteiger partial charge in [0.2, 0.25) is 23.6 Å². The fourth-order valence-electron chi connectivity index (χ4n) is 5.17. The van der Waals surface area contributed by atoms with Crippen LogP contribution in [0.2, 0.25) is 0 Å². The van der Waals surface area contributed by atoms with Gasteiger partial charge in [0.05, 0.1) is 6.42 Å². The number of hydrogen-bond donors (Lipinski definition) is 4. The lowest BCUT2D eigenvalue weighted by atomic mass is 10.0. The van der Waals surface area contributed by atoms with Gasteiger partial charge in [0, 0.05) is 24.9 Å². The third-order valence-corrected chi connectivity index (χ3v) is 7.53. The number of benzene rings is 4. The molecule has 0 aromatic heterocycles. The van der Waals surface area contributed by atoms with Gasteiger partial charge in [0.1, 0.15) is 17.9 Å². The fourth-order valence-corrected chi connectivity index (χ4v) is 5.17. The van der Waals surface area contributed by atoms with Crippen molar-refractivity contribution >= 4 is 23.6 Å². The van der Waals surface area contributed by atoms with Gasteiger partial charge in [0.25, 0.3) is 0 Å². The molecule has 4 aromatic carbocycles. The lowest BCUT2D eigenvalue weighted by molar-refractivity contribution is -0.134. The second-order valence-corrected chi connectivity index (χ2v) is 12.8. The van der Waals surface area contributed by atoms with E-state index in [1.807, 2.05) is 106 Å². The van der Waals surface area contributed by atoms with Crippen LogP contribution in [-0.4, -0.2) is 41.3 Å². The number of halogens is 1. The number of rotatable bonds is 14. The Morgan fingerprint density at radius 1 is 0.646 bits per heavy atom. The molecular weight excluding hydrogens is 607 g/mol. The Labute approximate surface area is 281 Å². The van der Waals surface area contributed by atoms with Crippen LogP contribution in [-0.2, 0) is 38.6 Å². The molecule has 2 unspecified atom stereocenters. The van der Waals surface area contributed by atoms with E-state index in [9.17, 15) is 23.6 Å². The molecule has 2 atom stereocenters. The maximum atomic E-state index is 13.7. The number of nitrogens with one attached hydrogen (secondary N) is 4. The minimum atomic E-state index is -1.23. The summed E-state index contributed by atoms with van der Waals surface area (Å²) in [6, 6.07) is 30.5. The van der Waals surface area contributed by atoms with Crippen LogP contribution in [0, 0.1) is 5.82 Å². The molecule has 4 amide bonds. The van der Waals surface area contributed by atoms with Gasteiger partial charge >= 0.3 is 0 Å². The van der Waals surface area contributed by atoms with Gasteiger partial charge in [-0.05, 0) is 73.2 Å². The van der Waals surface area contributed by atoms with E-state index in [4.69, 9.17) is 0 Å². The van der Waals surface area contributed by atoms with Crippen LogP contribution >= 0.6 is 0 Å². The molecule has 0 aliphatic carbocycles. The average Bonchev–Trinajstić information content (AvgIpc) is 3.06. The summed E-state index contributed by atoms with van der Waals surface area (Å²) in [5.74, 6) is -2.40. The third kappa shape index (κ3) is 11.8. The molecule has 8 nitrogen and oxygen atoms in total. The zero-order chi connectivity index (χ0) is 34.5. The highest BCUT2D eigenvalue weighted by molar-refractivity contribution is 5.95. The molecule has 0 aliphatic heterocycles. The number of hydrogen-bond acceptors (Lipinski definition) is 4. The van der Waals surface area contributed by atoms with Crippen molar-refractivity contribution < 1.29 is 23.6 Å². The molecule has 4 N–H and O–H groups in total. The minimum Gasteiger partial charge on any atom is -0.351 e. The summed E-state index contributed by atoms with van der Waals surface area (Å²) in [6.45, 7) is 5.65. The van der Waals surface area contributed by atoms with Gasteiger partial charge in [0.15, 0.2) is 0 Å². The molecule has 0 saturated carbocycles. The average molecular weight is 651 g/mol. The highest BCUT2D eigenvalue weighted by Gasteiger charge is 2.29. The van der Waals surface area contributed by atoms with E-state index < -0.39 is 47.1 Å². The van der Waals surface area contributed by atoms with Crippen molar-refractivity contribution in [1.82, 2.24) is 21.3 Å². The second-order valence-electron chi connectivity index (χ2n) is 12.8. The summed E-state index contributed by atoms with van der Waals surface area (Å²) >= 11 is 0. The van der Waals surface area contributed by atoms with Crippen LogP contribution in [0.15, 0.2) is 109 Å². The predicted octanol–water partition coefficient (Wildman–Crippen LogP) is 5.26. The Kier molecular flexibility index (Phi) is 12.6. The van der Waals surface area contributed by atoms with Gasteiger partial charge in [-0.15, -0.1) is 0 Å². The summed E-state index contributed by atoms with van der Waals surface area (Å²) in [7, 11) is 0. The van der Waals surface area contributed by atoms with Crippen molar-refractivity contribution in [1.29, 1.82) is 0 Å². The van der Waals surface area contributed by atoms with Crippen LogP contribution in [0.25, 0.3) is 11.1 Å². The van der Waals surface area contributed by atoms with Crippen molar-refractivity contribution in [2.75, 3.05) is 0 Å². The Morgan fingerprint density at radius 2 is 1.27 bits per heavy atom. The topological polar surface area (TPSA) is 116 Å². The minimum absolute atomic E-state index is 0.0603. The summed E-state index contributed by atoms with van der Waals surface area (Å²) < 4.78 is 13.7. The van der Waals surface area contributed by atoms with Crippen LogP contribution < -0.4 is 21.3 Å². The summed E-state index contributed by atoms with van der Waals surface area (Å²) in [5, 5.41) is 11.2. The number of amides is 4. The summed E-state index contributed by atoms with van der Waals surface area (Å²) in [5.41, 5.74) is 3.93. The molecule has 48 heavy (non-hydrogen) atoms. The number of carbonyl (C=O) groups is 4. The Morgan fingerprint density at radius 3 is 1.94 bits per heavy atom. The Bertz CT molecular complexity index is 1670. The van der Waals surface area contributed by atoms with Crippen molar-refractivity contribution in [3.05, 3.63) is 132 Å². The number of carbonyl (C=O) groups excluding carboxylic acids is 4. The molecule has 0 saturated heterocycles. The third-order valence-electron chi connectivity index (χ3n) is 7.53. The molecule has 4 rings (SSSR count).